The third-order valence-electron chi connectivity index (χ3n) is 3.41. The number of hydrogen-bond donors (Lipinski definition) is 3. The summed E-state index contributed by atoms with van der Waals surface area (Å²) in [6.07, 6.45) is 1.88. The standard InChI is InChI=1S/C16H14F3N3/c1-20-7-9-8-21-15-6-11(2-3-12(9)15)22-16-13(18)4-10(17)5-14(16)19/h2-6,8,20-22H,7H2,1H3. The molecule has 0 aliphatic carbocycles. The highest BCUT2D eigenvalue weighted by Gasteiger charge is 2.12. The second-order valence-electron chi connectivity index (χ2n) is 4.97. The van der Waals surface area contributed by atoms with Gasteiger partial charge in [0.2, 0.25) is 0 Å². The van der Waals surface area contributed by atoms with Crippen LogP contribution >= 0.6 is 0 Å². The SMILES string of the molecule is CNCc1c[nH]c2cc(Nc3c(F)cc(F)cc3F)ccc12. The van der Waals surface area contributed by atoms with Gasteiger partial charge in [-0.3, -0.25) is 0 Å². The molecular weight excluding hydrogens is 291 g/mol. The molecule has 1 heterocycles. The van der Waals surface area contributed by atoms with Crippen LogP contribution in [0.3, 0.4) is 0 Å². The van der Waals surface area contributed by atoms with Gasteiger partial charge in [0, 0.05) is 41.5 Å². The second kappa shape index (κ2) is 5.73. The summed E-state index contributed by atoms with van der Waals surface area (Å²) in [6.45, 7) is 0.716. The lowest BCUT2D eigenvalue weighted by Gasteiger charge is -2.09. The Bertz CT molecular complexity index is 804. The van der Waals surface area contributed by atoms with Crippen LogP contribution in [0.5, 0.6) is 0 Å². The molecule has 2 aromatic carbocycles. The van der Waals surface area contributed by atoms with Crippen molar-refractivity contribution in [2.24, 2.45) is 0 Å². The zero-order valence-electron chi connectivity index (χ0n) is 11.8. The van der Waals surface area contributed by atoms with Gasteiger partial charge in [0.25, 0.3) is 0 Å². The van der Waals surface area contributed by atoms with Crippen LogP contribution in [0.1, 0.15) is 5.56 Å². The summed E-state index contributed by atoms with van der Waals surface area (Å²) in [7, 11) is 1.86. The molecule has 0 aliphatic heterocycles. The van der Waals surface area contributed by atoms with Crippen molar-refractivity contribution >= 4 is 22.3 Å². The molecule has 114 valence electrons. The molecule has 3 nitrogen and oxygen atoms in total. The minimum absolute atomic E-state index is 0.372. The van der Waals surface area contributed by atoms with Crippen LogP contribution in [-0.2, 0) is 6.54 Å². The Morgan fingerprint density at radius 2 is 1.77 bits per heavy atom. The second-order valence-corrected chi connectivity index (χ2v) is 4.97. The van der Waals surface area contributed by atoms with E-state index in [-0.39, 0.29) is 5.69 Å². The van der Waals surface area contributed by atoms with Crippen LogP contribution in [0, 0.1) is 17.5 Å². The average molecular weight is 305 g/mol. The number of anilines is 2. The molecule has 6 heteroatoms. The molecule has 3 rings (SSSR count). The van der Waals surface area contributed by atoms with E-state index in [9.17, 15) is 13.2 Å². The molecule has 0 amide bonds. The van der Waals surface area contributed by atoms with Gasteiger partial charge in [-0.25, -0.2) is 13.2 Å². The predicted molar refractivity (Wildman–Crippen MR) is 80.7 cm³/mol. The summed E-state index contributed by atoms with van der Waals surface area (Å²) in [6, 6.07) is 6.61. The monoisotopic (exact) mass is 305 g/mol. The van der Waals surface area contributed by atoms with Crippen molar-refractivity contribution < 1.29 is 13.2 Å². The van der Waals surface area contributed by atoms with Gasteiger partial charge < -0.3 is 15.6 Å². The van der Waals surface area contributed by atoms with Crippen molar-refractivity contribution in [1.82, 2.24) is 10.3 Å². The topological polar surface area (TPSA) is 39.9 Å². The van der Waals surface area contributed by atoms with Gasteiger partial charge in [-0.1, -0.05) is 6.07 Å². The van der Waals surface area contributed by atoms with Crippen molar-refractivity contribution in [2.75, 3.05) is 12.4 Å². The summed E-state index contributed by atoms with van der Waals surface area (Å²) in [5.41, 5.74) is 2.08. The largest absolute Gasteiger partial charge is 0.361 e. The number of benzene rings is 2. The number of halogens is 3. The van der Waals surface area contributed by atoms with Gasteiger partial charge in [0.1, 0.15) is 11.5 Å². The van der Waals surface area contributed by atoms with E-state index in [1.54, 1.807) is 12.1 Å². The Kier molecular flexibility index (Phi) is 3.77. The number of fused-ring (bicyclic) bond motifs is 1. The average Bonchev–Trinajstić information content (AvgIpc) is 2.86. The van der Waals surface area contributed by atoms with Crippen molar-refractivity contribution in [1.29, 1.82) is 0 Å². The Morgan fingerprint density at radius 1 is 1.05 bits per heavy atom. The zero-order valence-corrected chi connectivity index (χ0v) is 11.8. The number of aromatic amines is 1. The molecule has 0 spiro atoms. The highest BCUT2D eigenvalue weighted by molar-refractivity contribution is 5.87. The molecular formula is C16H14F3N3. The molecule has 0 bridgehead atoms. The van der Waals surface area contributed by atoms with E-state index in [4.69, 9.17) is 0 Å². The van der Waals surface area contributed by atoms with E-state index >= 15 is 0 Å². The molecule has 0 unspecified atom stereocenters. The van der Waals surface area contributed by atoms with Crippen molar-refractivity contribution in [3.8, 4) is 0 Å². The first kappa shape index (κ1) is 14.5. The molecule has 0 fully saturated rings. The highest BCUT2D eigenvalue weighted by atomic mass is 19.1. The van der Waals surface area contributed by atoms with Gasteiger partial charge in [0.15, 0.2) is 11.6 Å². The molecule has 0 saturated heterocycles. The van der Waals surface area contributed by atoms with E-state index < -0.39 is 17.5 Å². The van der Waals surface area contributed by atoms with Gasteiger partial charge in [-0.05, 0) is 24.7 Å². The van der Waals surface area contributed by atoms with Crippen LogP contribution < -0.4 is 10.6 Å². The predicted octanol–water partition coefficient (Wildman–Crippen LogP) is 4.05. The van der Waals surface area contributed by atoms with E-state index in [1.807, 2.05) is 19.3 Å². The van der Waals surface area contributed by atoms with Gasteiger partial charge in [-0.2, -0.15) is 0 Å². The van der Waals surface area contributed by atoms with Crippen LogP contribution in [0.15, 0.2) is 36.5 Å². The lowest BCUT2D eigenvalue weighted by atomic mass is 10.1. The minimum Gasteiger partial charge on any atom is -0.361 e. The normalized spacial score (nSPS) is 11.1. The smallest absolute Gasteiger partial charge is 0.152 e. The minimum atomic E-state index is -0.972. The fraction of sp³-hybridized carbons (Fsp3) is 0.125. The first-order chi connectivity index (χ1) is 10.6. The number of rotatable bonds is 4. The first-order valence-electron chi connectivity index (χ1n) is 6.74. The lowest BCUT2D eigenvalue weighted by molar-refractivity contribution is 0.549. The summed E-state index contributed by atoms with van der Waals surface area (Å²) in [4.78, 5) is 3.11. The number of nitrogens with one attached hydrogen (secondary N) is 3. The fourth-order valence-corrected chi connectivity index (χ4v) is 2.41. The molecule has 0 saturated carbocycles. The van der Waals surface area contributed by atoms with Crippen molar-refractivity contribution in [3.63, 3.8) is 0 Å². The Hall–Kier alpha value is -2.47. The van der Waals surface area contributed by atoms with Crippen LogP contribution in [0.2, 0.25) is 0 Å². The number of H-pyrrole nitrogens is 1. The van der Waals surface area contributed by atoms with Gasteiger partial charge >= 0.3 is 0 Å². The van der Waals surface area contributed by atoms with Crippen LogP contribution in [0.25, 0.3) is 10.9 Å². The third-order valence-corrected chi connectivity index (χ3v) is 3.41. The fourth-order valence-electron chi connectivity index (χ4n) is 2.41. The third kappa shape index (κ3) is 2.65. The highest BCUT2D eigenvalue weighted by Crippen LogP contribution is 2.27. The maximum absolute atomic E-state index is 13.7. The Morgan fingerprint density at radius 3 is 2.45 bits per heavy atom. The lowest BCUT2D eigenvalue weighted by Crippen LogP contribution is -2.04. The van der Waals surface area contributed by atoms with E-state index in [2.05, 4.69) is 15.6 Å². The quantitative estimate of drug-likeness (QED) is 0.680. The van der Waals surface area contributed by atoms with Crippen molar-refractivity contribution in [3.05, 3.63) is 59.5 Å². The van der Waals surface area contributed by atoms with Gasteiger partial charge in [-0.15, -0.1) is 0 Å². The summed E-state index contributed by atoms with van der Waals surface area (Å²) < 4.78 is 40.2. The summed E-state index contributed by atoms with van der Waals surface area (Å²) in [5.74, 6) is -2.89. The van der Waals surface area contributed by atoms with E-state index in [0.29, 0.717) is 24.4 Å². The molecule has 1 aromatic heterocycles. The van der Waals surface area contributed by atoms with Crippen molar-refractivity contribution in [2.45, 2.75) is 6.54 Å². The summed E-state index contributed by atoms with van der Waals surface area (Å²) in [5, 5.41) is 6.74. The number of aromatic nitrogens is 1. The number of hydrogen-bond acceptors (Lipinski definition) is 2. The maximum Gasteiger partial charge on any atom is 0.152 e. The zero-order chi connectivity index (χ0) is 15.7. The molecule has 0 aliphatic rings. The summed E-state index contributed by atoms with van der Waals surface area (Å²) >= 11 is 0. The first-order valence-corrected chi connectivity index (χ1v) is 6.74. The molecule has 3 aromatic rings. The van der Waals surface area contributed by atoms with Crippen LogP contribution in [-0.4, -0.2) is 12.0 Å². The molecule has 22 heavy (non-hydrogen) atoms. The molecule has 0 radical (unpaired) electrons. The van der Waals surface area contributed by atoms with E-state index in [0.717, 1.165) is 16.5 Å². The molecule has 0 atom stereocenters. The Labute approximate surface area is 125 Å². The van der Waals surface area contributed by atoms with Crippen LogP contribution in [0.4, 0.5) is 24.5 Å². The maximum atomic E-state index is 13.7. The Balaban J connectivity index is 1.95. The van der Waals surface area contributed by atoms with E-state index in [1.165, 1.54) is 0 Å². The molecule has 3 N–H and O–H groups in total. The van der Waals surface area contributed by atoms with Gasteiger partial charge in [0.05, 0.1) is 0 Å².